The van der Waals surface area contributed by atoms with Crippen LogP contribution in [0.25, 0.3) is 10.9 Å². The molecular weight excluding hydrogens is 420 g/mol. The zero-order chi connectivity index (χ0) is 23.2. The number of carbonyl (C=O) groups excluding carboxylic acids is 1. The molecule has 0 radical (unpaired) electrons. The lowest BCUT2D eigenvalue weighted by molar-refractivity contribution is 0.0957. The van der Waals surface area contributed by atoms with Crippen molar-refractivity contribution in [3.8, 4) is 0 Å². The van der Waals surface area contributed by atoms with Gasteiger partial charge in [0.15, 0.2) is 0 Å². The normalized spacial score (nSPS) is 16.9. The third-order valence-corrected chi connectivity index (χ3v) is 7.53. The molecule has 1 fully saturated rings. The highest BCUT2D eigenvalue weighted by atomic mass is 16.1. The number of hydrogen-bond acceptors (Lipinski definition) is 3. The molecule has 0 bridgehead atoms. The van der Waals surface area contributed by atoms with Crippen molar-refractivity contribution in [2.24, 2.45) is 0 Å². The zero-order valence-electron chi connectivity index (χ0n) is 20.3. The molecule has 3 heterocycles. The lowest BCUT2D eigenvalue weighted by atomic mass is 10.1. The number of para-hydroxylation sites is 2. The summed E-state index contributed by atoms with van der Waals surface area (Å²) in [4.78, 5) is 17.8. The summed E-state index contributed by atoms with van der Waals surface area (Å²) in [5.41, 5.74) is 4.74. The Morgan fingerprint density at radius 1 is 0.765 bits per heavy atom. The van der Waals surface area contributed by atoms with Gasteiger partial charge in [-0.3, -0.25) is 9.69 Å². The lowest BCUT2D eigenvalue weighted by Crippen LogP contribution is -2.46. The molecular formula is C29H38N4O. The van der Waals surface area contributed by atoms with Crippen molar-refractivity contribution < 1.29 is 4.79 Å². The van der Waals surface area contributed by atoms with Gasteiger partial charge in [0.25, 0.3) is 5.91 Å². The molecule has 0 saturated carbocycles. The molecule has 1 N–H and O–H groups in total. The van der Waals surface area contributed by atoms with Crippen LogP contribution >= 0.6 is 0 Å². The maximum Gasteiger partial charge on any atom is 0.253 e. The fraction of sp³-hybridized carbons (Fsp3) is 0.483. The number of piperazine rings is 1. The van der Waals surface area contributed by atoms with Crippen LogP contribution in [0.4, 0.5) is 5.69 Å². The number of carbonyl (C=O) groups is 1. The monoisotopic (exact) mass is 458 g/mol. The van der Waals surface area contributed by atoms with Gasteiger partial charge in [0.1, 0.15) is 0 Å². The number of aromatic nitrogens is 1. The number of fused-ring (bicyclic) bond motifs is 3. The first-order chi connectivity index (χ1) is 16.8. The molecule has 2 aromatic carbocycles. The van der Waals surface area contributed by atoms with Gasteiger partial charge in [-0.2, -0.15) is 0 Å². The number of nitrogens with one attached hydrogen (secondary N) is 1. The molecule has 0 aliphatic carbocycles. The van der Waals surface area contributed by atoms with E-state index in [0.717, 1.165) is 50.0 Å². The molecule has 1 saturated heterocycles. The van der Waals surface area contributed by atoms with Gasteiger partial charge in [0.2, 0.25) is 0 Å². The average Bonchev–Trinajstić information content (AvgIpc) is 3.07. The van der Waals surface area contributed by atoms with Crippen LogP contribution in [0.1, 0.15) is 54.6 Å². The summed E-state index contributed by atoms with van der Waals surface area (Å²) in [6.07, 6.45) is 8.36. The molecule has 34 heavy (non-hydrogen) atoms. The first-order valence-corrected chi connectivity index (χ1v) is 13.2. The Hall–Kier alpha value is -2.79. The largest absolute Gasteiger partial charge is 0.369 e. The number of unbranched alkanes of at least 4 members (excludes halogenated alkanes) is 4. The van der Waals surface area contributed by atoms with E-state index in [-0.39, 0.29) is 5.91 Å². The number of rotatable bonds is 9. The number of aryl methyl sites for hydroxylation is 1. The van der Waals surface area contributed by atoms with Crippen molar-refractivity contribution in [1.29, 1.82) is 0 Å². The van der Waals surface area contributed by atoms with Crippen molar-refractivity contribution in [2.45, 2.75) is 51.5 Å². The van der Waals surface area contributed by atoms with Crippen LogP contribution in [0, 0.1) is 0 Å². The second-order valence-electron chi connectivity index (χ2n) is 9.78. The Morgan fingerprint density at radius 3 is 2.29 bits per heavy atom. The van der Waals surface area contributed by atoms with Crippen molar-refractivity contribution >= 4 is 22.5 Å². The molecule has 2 aliphatic rings. The van der Waals surface area contributed by atoms with E-state index in [1.165, 1.54) is 68.6 Å². The number of hydrogen-bond donors (Lipinski definition) is 1. The smallest absolute Gasteiger partial charge is 0.253 e. The summed E-state index contributed by atoms with van der Waals surface area (Å²) in [5, 5.41) is 4.19. The molecule has 1 amide bonds. The predicted octanol–water partition coefficient (Wildman–Crippen LogP) is 5.09. The van der Waals surface area contributed by atoms with E-state index in [9.17, 15) is 4.79 Å². The number of anilines is 1. The topological polar surface area (TPSA) is 40.5 Å². The van der Waals surface area contributed by atoms with Crippen LogP contribution in [-0.4, -0.2) is 54.6 Å². The summed E-state index contributed by atoms with van der Waals surface area (Å²) in [6, 6.07) is 19.2. The Balaban J connectivity index is 1.04. The molecule has 180 valence electrons. The standard InChI is InChI=1S/C29H38N4O/c34-29-28-25-14-7-8-15-26(25)33(27(28)16-11-17-30-29)19-10-3-1-2-9-18-31-20-22-32(23-21-31)24-12-5-4-6-13-24/h4-8,12-15H,1-3,9-11,16-23H2,(H,30,34). The van der Waals surface area contributed by atoms with Gasteiger partial charge in [-0.1, -0.05) is 55.7 Å². The quantitative estimate of drug-likeness (QED) is 0.454. The summed E-state index contributed by atoms with van der Waals surface area (Å²) in [6.45, 7) is 7.65. The van der Waals surface area contributed by atoms with E-state index in [1.54, 1.807) is 0 Å². The van der Waals surface area contributed by atoms with Crippen molar-refractivity contribution in [1.82, 2.24) is 14.8 Å². The zero-order valence-corrected chi connectivity index (χ0v) is 20.3. The first-order valence-electron chi connectivity index (χ1n) is 13.2. The second kappa shape index (κ2) is 11.1. The maximum absolute atomic E-state index is 12.7. The van der Waals surface area contributed by atoms with Crippen LogP contribution in [0.5, 0.6) is 0 Å². The van der Waals surface area contributed by atoms with Gasteiger partial charge < -0.3 is 14.8 Å². The maximum atomic E-state index is 12.7. The van der Waals surface area contributed by atoms with Gasteiger partial charge >= 0.3 is 0 Å². The highest BCUT2D eigenvalue weighted by molar-refractivity contribution is 6.08. The highest BCUT2D eigenvalue weighted by Crippen LogP contribution is 2.29. The van der Waals surface area contributed by atoms with E-state index >= 15 is 0 Å². The van der Waals surface area contributed by atoms with Crippen molar-refractivity contribution in [3.05, 3.63) is 65.9 Å². The van der Waals surface area contributed by atoms with Gasteiger partial charge in [-0.25, -0.2) is 0 Å². The Morgan fingerprint density at radius 2 is 1.47 bits per heavy atom. The SMILES string of the molecule is O=C1NCCCc2c1c1ccccc1n2CCCCCCCN1CCN(c2ccccc2)CC1. The molecule has 5 rings (SSSR count). The van der Waals surface area contributed by atoms with E-state index in [1.807, 2.05) is 6.07 Å². The van der Waals surface area contributed by atoms with Crippen LogP contribution in [0.2, 0.25) is 0 Å². The fourth-order valence-electron chi connectivity index (χ4n) is 5.68. The van der Waals surface area contributed by atoms with Gasteiger partial charge in [0.05, 0.1) is 5.56 Å². The third kappa shape index (κ3) is 5.15. The molecule has 3 aromatic rings. The first kappa shape index (κ1) is 23.0. The number of nitrogens with zero attached hydrogens (tertiary/aromatic N) is 3. The Labute approximate surface area is 203 Å². The van der Waals surface area contributed by atoms with Crippen molar-refractivity contribution in [3.63, 3.8) is 0 Å². The molecule has 0 atom stereocenters. The van der Waals surface area contributed by atoms with E-state index < -0.39 is 0 Å². The molecule has 1 aromatic heterocycles. The summed E-state index contributed by atoms with van der Waals surface area (Å²) in [7, 11) is 0. The molecule has 5 heteroatoms. The minimum atomic E-state index is 0.104. The molecule has 2 aliphatic heterocycles. The lowest BCUT2D eigenvalue weighted by Gasteiger charge is -2.36. The number of benzene rings is 2. The highest BCUT2D eigenvalue weighted by Gasteiger charge is 2.23. The Kier molecular flexibility index (Phi) is 7.49. The van der Waals surface area contributed by atoms with Gasteiger partial charge in [-0.15, -0.1) is 0 Å². The average molecular weight is 459 g/mol. The third-order valence-electron chi connectivity index (χ3n) is 7.53. The van der Waals surface area contributed by atoms with Crippen LogP contribution in [0.15, 0.2) is 54.6 Å². The minimum absolute atomic E-state index is 0.104. The second-order valence-corrected chi connectivity index (χ2v) is 9.78. The van der Waals surface area contributed by atoms with Gasteiger partial charge in [-0.05, 0) is 50.4 Å². The molecule has 5 nitrogen and oxygen atoms in total. The van der Waals surface area contributed by atoms with Crippen molar-refractivity contribution in [2.75, 3.05) is 44.2 Å². The minimum Gasteiger partial charge on any atom is -0.369 e. The summed E-state index contributed by atoms with van der Waals surface area (Å²) in [5.74, 6) is 0.104. The predicted molar refractivity (Wildman–Crippen MR) is 141 cm³/mol. The van der Waals surface area contributed by atoms with E-state index in [2.05, 4.69) is 68.2 Å². The molecule has 0 unspecified atom stereocenters. The van der Waals surface area contributed by atoms with Gasteiger partial charge in [0, 0.05) is 61.6 Å². The fourth-order valence-corrected chi connectivity index (χ4v) is 5.68. The summed E-state index contributed by atoms with van der Waals surface area (Å²) >= 11 is 0. The number of amides is 1. The Bertz CT molecular complexity index is 1080. The van der Waals surface area contributed by atoms with E-state index in [4.69, 9.17) is 0 Å². The van der Waals surface area contributed by atoms with Crippen LogP contribution in [-0.2, 0) is 13.0 Å². The van der Waals surface area contributed by atoms with Crippen LogP contribution in [0.3, 0.4) is 0 Å². The van der Waals surface area contributed by atoms with Crippen LogP contribution < -0.4 is 10.2 Å². The van der Waals surface area contributed by atoms with E-state index in [0.29, 0.717) is 0 Å². The summed E-state index contributed by atoms with van der Waals surface area (Å²) < 4.78 is 2.43. The molecule has 0 spiro atoms.